The minimum absolute atomic E-state index is 0.421. The zero-order chi connectivity index (χ0) is 9.35. The first-order chi connectivity index (χ1) is 5.46. The molecule has 4 nitrogen and oxygen atoms in total. The number of hydrogen-bond acceptors (Lipinski definition) is 3. The number of nitrogens with zero attached hydrogens (tertiary/aromatic N) is 3. The molecule has 0 saturated heterocycles. The van der Waals surface area contributed by atoms with Gasteiger partial charge in [0.2, 0.25) is 0 Å². The summed E-state index contributed by atoms with van der Waals surface area (Å²) in [5.41, 5.74) is -0.0500. The molecule has 0 aliphatic heterocycles. The van der Waals surface area contributed by atoms with Crippen LogP contribution in [0.25, 0.3) is 0 Å². The molecular weight excluding hydrogens is 154 g/mol. The van der Waals surface area contributed by atoms with Gasteiger partial charge in [-0.2, -0.15) is 10.4 Å². The third kappa shape index (κ3) is 1.31. The van der Waals surface area contributed by atoms with Crippen LogP contribution in [-0.2, 0) is 12.6 Å². The predicted molar refractivity (Wildman–Crippen MR) is 43.2 cm³/mol. The molecule has 12 heavy (non-hydrogen) atoms. The summed E-state index contributed by atoms with van der Waals surface area (Å²) in [5.74, 6) is 0. The van der Waals surface area contributed by atoms with Crippen molar-refractivity contribution in [3.8, 4) is 6.07 Å². The Labute approximate surface area is 71.1 Å². The van der Waals surface area contributed by atoms with Crippen LogP contribution in [0.4, 0.5) is 0 Å². The maximum atomic E-state index is 9.66. The highest BCUT2D eigenvalue weighted by molar-refractivity contribution is 5.34. The molecule has 1 heterocycles. The fourth-order valence-corrected chi connectivity index (χ4v) is 1.24. The molecule has 0 unspecified atom stereocenters. The second-order valence-electron chi connectivity index (χ2n) is 3.20. The summed E-state index contributed by atoms with van der Waals surface area (Å²) >= 11 is 0. The first kappa shape index (κ1) is 8.75. The molecule has 0 bridgehead atoms. The Morgan fingerprint density at radius 2 is 2.25 bits per heavy atom. The van der Waals surface area contributed by atoms with Crippen LogP contribution in [0.3, 0.4) is 0 Å². The molecule has 4 heteroatoms. The maximum Gasteiger partial charge on any atom is 0.103 e. The highest BCUT2D eigenvalue weighted by atomic mass is 16.3. The fourth-order valence-electron chi connectivity index (χ4n) is 1.24. The molecule has 0 aromatic carbocycles. The Balaban J connectivity index is 3.32. The zero-order valence-corrected chi connectivity index (χ0v) is 7.37. The molecular formula is C8H11N3O. The highest BCUT2D eigenvalue weighted by Gasteiger charge is 2.24. The summed E-state index contributed by atoms with van der Waals surface area (Å²) in [4.78, 5) is 0. The first-order valence-corrected chi connectivity index (χ1v) is 3.61. The van der Waals surface area contributed by atoms with Gasteiger partial charge in [-0.25, -0.2) is 0 Å². The van der Waals surface area contributed by atoms with Crippen LogP contribution in [0.5, 0.6) is 0 Å². The molecule has 0 radical (unpaired) electrons. The van der Waals surface area contributed by atoms with Crippen molar-refractivity contribution in [3.63, 3.8) is 0 Å². The first-order valence-electron chi connectivity index (χ1n) is 3.61. The van der Waals surface area contributed by atoms with Crippen molar-refractivity contribution in [2.45, 2.75) is 19.4 Å². The summed E-state index contributed by atoms with van der Waals surface area (Å²) in [5, 5.41) is 22.2. The van der Waals surface area contributed by atoms with Gasteiger partial charge in [0.25, 0.3) is 0 Å². The van der Waals surface area contributed by atoms with E-state index in [4.69, 9.17) is 5.26 Å². The van der Waals surface area contributed by atoms with Gasteiger partial charge in [0.1, 0.15) is 11.7 Å². The number of rotatable bonds is 1. The van der Waals surface area contributed by atoms with Crippen LogP contribution in [0.1, 0.15) is 25.1 Å². The largest absolute Gasteiger partial charge is 0.384 e. The van der Waals surface area contributed by atoms with Crippen molar-refractivity contribution in [2.24, 2.45) is 7.05 Å². The van der Waals surface area contributed by atoms with Gasteiger partial charge < -0.3 is 5.11 Å². The third-order valence-corrected chi connectivity index (χ3v) is 1.64. The van der Waals surface area contributed by atoms with E-state index in [1.165, 1.54) is 10.9 Å². The number of aryl methyl sites for hydroxylation is 1. The standard InChI is InChI=1S/C8H11N3O/c1-8(2,12)7-6(4-9)5-10-11(7)3/h5,12H,1-3H3. The fraction of sp³-hybridized carbons (Fsp3) is 0.500. The molecule has 1 aromatic rings. The lowest BCUT2D eigenvalue weighted by atomic mass is 10.0. The molecule has 0 atom stereocenters. The van der Waals surface area contributed by atoms with Gasteiger partial charge in [0.15, 0.2) is 0 Å². The Hall–Kier alpha value is -1.34. The van der Waals surface area contributed by atoms with Crippen molar-refractivity contribution in [3.05, 3.63) is 17.5 Å². The number of nitriles is 1. The van der Waals surface area contributed by atoms with Crippen molar-refractivity contribution >= 4 is 0 Å². The Morgan fingerprint density at radius 3 is 2.58 bits per heavy atom. The molecule has 0 amide bonds. The van der Waals surface area contributed by atoms with E-state index < -0.39 is 5.60 Å². The smallest absolute Gasteiger partial charge is 0.103 e. The quantitative estimate of drug-likeness (QED) is 0.659. The molecule has 0 aliphatic rings. The van der Waals surface area contributed by atoms with Gasteiger partial charge in [-0.3, -0.25) is 4.68 Å². The maximum absolute atomic E-state index is 9.66. The van der Waals surface area contributed by atoms with Crippen LogP contribution >= 0.6 is 0 Å². The monoisotopic (exact) mass is 165 g/mol. The molecule has 64 valence electrons. The Morgan fingerprint density at radius 1 is 1.67 bits per heavy atom. The summed E-state index contributed by atoms with van der Waals surface area (Å²) < 4.78 is 1.51. The lowest BCUT2D eigenvalue weighted by Gasteiger charge is -2.17. The molecule has 1 N–H and O–H groups in total. The summed E-state index contributed by atoms with van der Waals surface area (Å²) in [7, 11) is 1.70. The average molecular weight is 165 g/mol. The normalized spacial score (nSPS) is 11.2. The van der Waals surface area contributed by atoms with Gasteiger partial charge >= 0.3 is 0 Å². The van der Waals surface area contributed by atoms with Crippen molar-refractivity contribution in [1.29, 1.82) is 5.26 Å². The lowest BCUT2D eigenvalue weighted by molar-refractivity contribution is 0.0693. The van der Waals surface area contributed by atoms with Crippen molar-refractivity contribution in [2.75, 3.05) is 0 Å². The van der Waals surface area contributed by atoms with E-state index in [1.54, 1.807) is 20.9 Å². The van der Waals surface area contributed by atoms with Crippen LogP contribution in [0.2, 0.25) is 0 Å². The van der Waals surface area contributed by atoms with E-state index in [0.29, 0.717) is 11.3 Å². The molecule has 0 spiro atoms. The van der Waals surface area contributed by atoms with Crippen LogP contribution in [0, 0.1) is 11.3 Å². The zero-order valence-electron chi connectivity index (χ0n) is 7.37. The van der Waals surface area contributed by atoms with E-state index in [9.17, 15) is 5.11 Å². The molecule has 1 rings (SSSR count). The topological polar surface area (TPSA) is 61.8 Å². The summed E-state index contributed by atoms with van der Waals surface area (Å²) in [6.07, 6.45) is 1.45. The van der Waals surface area contributed by atoms with E-state index in [1.807, 2.05) is 6.07 Å². The van der Waals surface area contributed by atoms with Gasteiger partial charge in [-0.15, -0.1) is 0 Å². The van der Waals surface area contributed by atoms with Crippen LogP contribution in [-0.4, -0.2) is 14.9 Å². The van der Waals surface area contributed by atoms with Gasteiger partial charge in [0, 0.05) is 7.05 Å². The highest BCUT2D eigenvalue weighted by Crippen LogP contribution is 2.21. The van der Waals surface area contributed by atoms with Crippen LogP contribution in [0.15, 0.2) is 6.20 Å². The van der Waals surface area contributed by atoms with E-state index >= 15 is 0 Å². The van der Waals surface area contributed by atoms with E-state index in [-0.39, 0.29) is 0 Å². The SMILES string of the molecule is Cn1ncc(C#N)c1C(C)(C)O. The van der Waals surface area contributed by atoms with Crippen molar-refractivity contribution < 1.29 is 5.11 Å². The number of aromatic nitrogens is 2. The van der Waals surface area contributed by atoms with E-state index in [0.717, 1.165) is 0 Å². The van der Waals surface area contributed by atoms with Crippen LogP contribution < -0.4 is 0 Å². The Kier molecular flexibility index (Phi) is 1.90. The van der Waals surface area contributed by atoms with Crippen molar-refractivity contribution in [1.82, 2.24) is 9.78 Å². The van der Waals surface area contributed by atoms with Gasteiger partial charge in [0.05, 0.1) is 17.5 Å². The number of aliphatic hydroxyl groups is 1. The Bertz CT molecular complexity index is 327. The third-order valence-electron chi connectivity index (χ3n) is 1.64. The van der Waals surface area contributed by atoms with E-state index in [2.05, 4.69) is 5.10 Å². The lowest BCUT2D eigenvalue weighted by Crippen LogP contribution is -2.21. The van der Waals surface area contributed by atoms with Gasteiger partial charge in [-0.1, -0.05) is 0 Å². The summed E-state index contributed by atoms with van der Waals surface area (Å²) in [6, 6.07) is 1.98. The molecule has 0 aliphatic carbocycles. The van der Waals surface area contributed by atoms with Gasteiger partial charge in [-0.05, 0) is 13.8 Å². The summed E-state index contributed by atoms with van der Waals surface area (Å²) in [6.45, 7) is 3.26. The molecule has 1 aromatic heterocycles. The minimum atomic E-state index is -1.02. The molecule has 0 fully saturated rings. The second-order valence-corrected chi connectivity index (χ2v) is 3.20. The predicted octanol–water partition coefficient (Wildman–Crippen LogP) is 0.519. The minimum Gasteiger partial charge on any atom is -0.384 e. The second kappa shape index (κ2) is 2.61. The molecule has 0 saturated carbocycles. The number of hydrogen-bond donors (Lipinski definition) is 1. The average Bonchev–Trinajstić information content (AvgIpc) is 2.29.